The molecular weight excluding hydrogens is 286 g/mol. The Labute approximate surface area is 111 Å². The number of nitrogens with two attached hydrogens (primary N) is 1. The van der Waals surface area contributed by atoms with Crippen LogP contribution >= 0.6 is 27.5 Å². The van der Waals surface area contributed by atoms with Crippen molar-refractivity contribution >= 4 is 27.5 Å². The van der Waals surface area contributed by atoms with Crippen molar-refractivity contribution in [2.24, 2.45) is 11.7 Å². The Bertz CT molecular complexity index is 337. The Morgan fingerprint density at radius 2 is 1.94 bits per heavy atom. The first kappa shape index (κ1) is 14.0. The van der Waals surface area contributed by atoms with Gasteiger partial charge in [-0.15, -0.1) is 0 Å². The van der Waals surface area contributed by atoms with E-state index in [2.05, 4.69) is 29.8 Å². The molecule has 3 heteroatoms. The molecule has 0 spiro atoms. The molecule has 90 valence electrons. The van der Waals surface area contributed by atoms with Gasteiger partial charge in [0.25, 0.3) is 0 Å². The quantitative estimate of drug-likeness (QED) is 0.820. The van der Waals surface area contributed by atoms with Crippen LogP contribution in [0, 0.1) is 5.92 Å². The third-order valence-electron chi connectivity index (χ3n) is 3.11. The molecule has 0 saturated heterocycles. The zero-order chi connectivity index (χ0) is 12.1. The smallest absolute Gasteiger partial charge is 0.0548 e. The highest BCUT2D eigenvalue weighted by Crippen LogP contribution is 2.28. The molecule has 1 nitrogen and oxygen atoms in total. The van der Waals surface area contributed by atoms with Crippen LogP contribution in [0.15, 0.2) is 22.7 Å². The topological polar surface area (TPSA) is 26.0 Å². The van der Waals surface area contributed by atoms with Crippen molar-refractivity contribution in [2.75, 3.05) is 0 Å². The Balaban J connectivity index is 2.72. The van der Waals surface area contributed by atoms with Gasteiger partial charge in [0.15, 0.2) is 0 Å². The Kier molecular flexibility index (Phi) is 5.81. The lowest BCUT2D eigenvalue weighted by molar-refractivity contribution is 0.414. The van der Waals surface area contributed by atoms with Crippen LogP contribution in [0.1, 0.15) is 44.7 Å². The minimum Gasteiger partial charge on any atom is -0.324 e. The van der Waals surface area contributed by atoms with Crippen LogP contribution in [-0.4, -0.2) is 0 Å². The highest BCUT2D eigenvalue weighted by Gasteiger charge is 2.13. The van der Waals surface area contributed by atoms with E-state index < -0.39 is 0 Å². The summed E-state index contributed by atoms with van der Waals surface area (Å²) >= 11 is 9.39. The van der Waals surface area contributed by atoms with Gasteiger partial charge in [0.2, 0.25) is 0 Å². The summed E-state index contributed by atoms with van der Waals surface area (Å²) in [6, 6.07) is 6.04. The predicted molar refractivity (Wildman–Crippen MR) is 74.8 cm³/mol. The van der Waals surface area contributed by atoms with Gasteiger partial charge in [0.05, 0.1) is 5.02 Å². The standard InChI is InChI=1S/C13H19BrClN/c1-3-9(4-2)7-13(16)10-5-6-12(15)11(14)8-10/h5-6,8-9,13H,3-4,7,16H2,1-2H3. The van der Waals surface area contributed by atoms with Crippen molar-refractivity contribution in [2.45, 2.75) is 39.2 Å². The van der Waals surface area contributed by atoms with Crippen molar-refractivity contribution in [3.8, 4) is 0 Å². The molecule has 1 rings (SSSR count). The Morgan fingerprint density at radius 1 is 1.31 bits per heavy atom. The van der Waals surface area contributed by atoms with Crippen molar-refractivity contribution in [3.63, 3.8) is 0 Å². The SMILES string of the molecule is CCC(CC)CC(N)c1ccc(Cl)c(Br)c1. The van der Waals surface area contributed by atoms with E-state index in [1.807, 2.05) is 18.2 Å². The fourth-order valence-corrected chi connectivity index (χ4v) is 2.37. The molecule has 0 aliphatic heterocycles. The van der Waals surface area contributed by atoms with Crippen molar-refractivity contribution < 1.29 is 0 Å². The van der Waals surface area contributed by atoms with E-state index in [9.17, 15) is 0 Å². The van der Waals surface area contributed by atoms with Crippen LogP contribution in [0.25, 0.3) is 0 Å². The van der Waals surface area contributed by atoms with Crippen molar-refractivity contribution in [3.05, 3.63) is 33.3 Å². The zero-order valence-corrected chi connectivity index (χ0v) is 12.2. The fraction of sp³-hybridized carbons (Fsp3) is 0.538. The van der Waals surface area contributed by atoms with Gasteiger partial charge in [0.1, 0.15) is 0 Å². The highest BCUT2D eigenvalue weighted by atomic mass is 79.9. The lowest BCUT2D eigenvalue weighted by atomic mass is 9.92. The van der Waals surface area contributed by atoms with Gasteiger partial charge in [-0.2, -0.15) is 0 Å². The fourth-order valence-electron chi connectivity index (χ4n) is 1.86. The molecule has 0 saturated carbocycles. The van der Waals surface area contributed by atoms with Gasteiger partial charge in [0, 0.05) is 10.5 Å². The van der Waals surface area contributed by atoms with E-state index in [1.54, 1.807) is 0 Å². The normalized spacial score (nSPS) is 13.1. The third-order valence-corrected chi connectivity index (χ3v) is 4.33. The minimum absolute atomic E-state index is 0.110. The third kappa shape index (κ3) is 3.76. The monoisotopic (exact) mass is 303 g/mol. The summed E-state index contributed by atoms with van der Waals surface area (Å²) in [4.78, 5) is 0. The molecule has 1 atom stereocenters. The van der Waals surface area contributed by atoms with E-state index in [-0.39, 0.29) is 6.04 Å². The van der Waals surface area contributed by atoms with Crippen LogP contribution in [0.3, 0.4) is 0 Å². The second-order valence-corrected chi connectivity index (χ2v) is 5.46. The van der Waals surface area contributed by atoms with Gasteiger partial charge < -0.3 is 5.73 Å². The lowest BCUT2D eigenvalue weighted by Gasteiger charge is -2.19. The molecule has 0 fully saturated rings. The van der Waals surface area contributed by atoms with Gasteiger partial charge in [-0.25, -0.2) is 0 Å². The summed E-state index contributed by atoms with van der Waals surface area (Å²) in [5.41, 5.74) is 7.36. The van der Waals surface area contributed by atoms with Crippen LogP contribution in [0.2, 0.25) is 5.02 Å². The second kappa shape index (κ2) is 6.63. The molecule has 0 heterocycles. The lowest BCUT2D eigenvalue weighted by Crippen LogP contribution is -2.14. The number of hydrogen-bond acceptors (Lipinski definition) is 1. The first-order valence-corrected chi connectivity index (χ1v) is 6.96. The average Bonchev–Trinajstić information content (AvgIpc) is 2.29. The first-order valence-electron chi connectivity index (χ1n) is 5.79. The summed E-state index contributed by atoms with van der Waals surface area (Å²) in [5.74, 6) is 0.712. The van der Waals surface area contributed by atoms with E-state index in [1.165, 1.54) is 12.8 Å². The minimum atomic E-state index is 0.110. The second-order valence-electron chi connectivity index (χ2n) is 4.20. The summed E-state index contributed by atoms with van der Waals surface area (Å²) in [7, 11) is 0. The molecular formula is C13H19BrClN. The maximum Gasteiger partial charge on any atom is 0.0548 e. The van der Waals surface area contributed by atoms with Crippen LogP contribution < -0.4 is 5.73 Å². The summed E-state index contributed by atoms with van der Waals surface area (Å²) in [5, 5.41) is 0.735. The van der Waals surface area contributed by atoms with Crippen LogP contribution in [0.5, 0.6) is 0 Å². The van der Waals surface area contributed by atoms with E-state index in [0.717, 1.165) is 21.5 Å². The average molecular weight is 305 g/mol. The molecule has 2 N–H and O–H groups in total. The molecule has 0 radical (unpaired) electrons. The maximum absolute atomic E-state index is 6.20. The number of benzene rings is 1. The maximum atomic E-state index is 6.20. The summed E-state index contributed by atoms with van der Waals surface area (Å²) in [6.45, 7) is 4.44. The summed E-state index contributed by atoms with van der Waals surface area (Å²) in [6.07, 6.45) is 3.43. The van der Waals surface area contributed by atoms with Gasteiger partial charge in [-0.3, -0.25) is 0 Å². The van der Waals surface area contributed by atoms with Gasteiger partial charge in [-0.1, -0.05) is 44.4 Å². The molecule has 16 heavy (non-hydrogen) atoms. The van der Waals surface area contributed by atoms with E-state index >= 15 is 0 Å². The van der Waals surface area contributed by atoms with E-state index in [4.69, 9.17) is 17.3 Å². The molecule has 1 aromatic carbocycles. The molecule has 0 aliphatic carbocycles. The largest absolute Gasteiger partial charge is 0.324 e. The Morgan fingerprint density at radius 3 is 2.44 bits per heavy atom. The summed E-state index contributed by atoms with van der Waals surface area (Å²) < 4.78 is 0.923. The molecule has 1 unspecified atom stereocenters. The molecule has 1 aromatic rings. The number of hydrogen-bond donors (Lipinski definition) is 1. The number of rotatable bonds is 5. The van der Waals surface area contributed by atoms with Crippen LogP contribution in [0.4, 0.5) is 0 Å². The molecule has 0 aliphatic rings. The van der Waals surface area contributed by atoms with Gasteiger partial charge >= 0.3 is 0 Å². The zero-order valence-electron chi connectivity index (χ0n) is 9.84. The van der Waals surface area contributed by atoms with Crippen molar-refractivity contribution in [1.29, 1.82) is 0 Å². The van der Waals surface area contributed by atoms with Crippen LogP contribution in [-0.2, 0) is 0 Å². The Hall–Kier alpha value is -0.0500. The van der Waals surface area contributed by atoms with Gasteiger partial charge in [-0.05, 0) is 46.0 Å². The molecule has 0 bridgehead atoms. The first-order chi connectivity index (χ1) is 7.58. The number of halogens is 2. The molecule has 0 amide bonds. The van der Waals surface area contributed by atoms with E-state index in [0.29, 0.717) is 5.92 Å². The van der Waals surface area contributed by atoms with Crippen molar-refractivity contribution in [1.82, 2.24) is 0 Å². The molecule has 0 aromatic heterocycles. The highest BCUT2D eigenvalue weighted by molar-refractivity contribution is 9.10. The predicted octanol–water partition coefficient (Wildman–Crippen LogP) is 4.93.